The van der Waals surface area contributed by atoms with Crippen LogP contribution in [0.4, 0.5) is 4.79 Å². The SMILES string of the molecule is CCOC(=O)N1CCC(NC(=O)[C@@H]2CC23CCN(Cc2cc(OC)cc(OC)c2)CC3)CC1. The van der Waals surface area contributed by atoms with E-state index < -0.39 is 0 Å². The van der Waals surface area contributed by atoms with E-state index in [-0.39, 0.29) is 29.4 Å². The van der Waals surface area contributed by atoms with Crippen molar-refractivity contribution < 1.29 is 23.8 Å². The number of piperidine rings is 2. The van der Waals surface area contributed by atoms with E-state index in [4.69, 9.17) is 14.2 Å². The number of likely N-dealkylation sites (tertiary alicyclic amines) is 2. The van der Waals surface area contributed by atoms with Crippen LogP contribution in [0.25, 0.3) is 0 Å². The topological polar surface area (TPSA) is 80.3 Å². The van der Waals surface area contributed by atoms with E-state index in [1.165, 1.54) is 5.56 Å². The van der Waals surface area contributed by atoms with E-state index in [1.807, 2.05) is 13.0 Å². The van der Waals surface area contributed by atoms with Gasteiger partial charge in [0, 0.05) is 37.7 Å². The third-order valence-corrected chi connectivity index (χ3v) is 7.54. The molecule has 2 amide bonds. The van der Waals surface area contributed by atoms with Crippen LogP contribution in [-0.4, -0.2) is 74.8 Å². The molecule has 0 radical (unpaired) electrons. The number of hydrogen-bond donors (Lipinski definition) is 1. The average molecular weight is 460 g/mol. The summed E-state index contributed by atoms with van der Waals surface area (Å²) in [5.41, 5.74) is 1.36. The molecule has 1 aliphatic carbocycles. The summed E-state index contributed by atoms with van der Waals surface area (Å²) in [5.74, 6) is 1.96. The molecule has 1 atom stereocenters. The molecule has 2 aliphatic heterocycles. The van der Waals surface area contributed by atoms with Gasteiger partial charge in [0.05, 0.1) is 20.8 Å². The molecule has 0 bridgehead atoms. The molecule has 33 heavy (non-hydrogen) atoms. The Morgan fingerprint density at radius 1 is 1.03 bits per heavy atom. The Bertz CT molecular complexity index is 822. The van der Waals surface area contributed by atoms with Gasteiger partial charge in [0.15, 0.2) is 0 Å². The fraction of sp³-hybridized carbons (Fsp3) is 0.680. The zero-order valence-corrected chi connectivity index (χ0v) is 20.1. The maximum absolute atomic E-state index is 12.9. The number of nitrogens with zero attached hydrogens (tertiary/aromatic N) is 2. The van der Waals surface area contributed by atoms with E-state index in [2.05, 4.69) is 22.3 Å². The zero-order chi connectivity index (χ0) is 23.4. The summed E-state index contributed by atoms with van der Waals surface area (Å²) in [6.45, 7) is 6.36. The maximum Gasteiger partial charge on any atom is 0.409 e. The highest BCUT2D eigenvalue weighted by Crippen LogP contribution is 2.59. The number of hydrogen-bond acceptors (Lipinski definition) is 6. The van der Waals surface area contributed by atoms with Gasteiger partial charge in [0.25, 0.3) is 0 Å². The number of amides is 2. The second kappa shape index (κ2) is 10.2. The van der Waals surface area contributed by atoms with Crippen LogP contribution in [0.3, 0.4) is 0 Å². The van der Waals surface area contributed by atoms with Crippen molar-refractivity contribution in [2.75, 3.05) is 47.0 Å². The first kappa shape index (κ1) is 23.7. The monoisotopic (exact) mass is 459 g/mol. The standard InChI is InChI=1S/C25H37N3O5/c1-4-33-24(30)28-9-5-19(6-10-28)26-23(29)22-16-25(22)7-11-27(12-8-25)17-18-13-20(31-2)15-21(14-18)32-3/h13-15,19,22H,4-12,16-17H2,1-3H3,(H,26,29)/t22-/m0/s1. The second-order valence-electron chi connectivity index (χ2n) is 9.58. The maximum atomic E-state index is 12.9. The highest BCUT2D eigenvalue weighted by atomic mass is 16.6. The van der Waals surface area contributed by atoms with Crippen molar-refractivity contribution in [1.29, 1.82) is 0 Å². The van der Waals surface area contributed by atoms with Gasteiger partial charge in [-0.1, -0.05) is 0 Å². The van der Waals surface area contributed by atoms with Gasteiger partial charge in [-0.25, -0.2) is 4.79 Å². The molecule has 4 rings (SSSR count). The van der Waals surface area contributed by atoms with E-state index >= 15 is 0 Å². The lowest BCUT2D eigenvalue weighted by molar-refractivity contribution is -0.124. The number of ether oxygens (including phenoxy) is 3. The van der Waals surface area contributed by atoms with Gasteiger partial charge in [-0.3, -0.25) is 9.69 Å². The summed E-state index contributed by atoms with van der Waals surface area (Å²) in [6.07, 6.45) is 4.47. The van der Waals surface area contributed by atoms with E-state index in [0.29, 0.717) is 19.7 Å². The first-order chi connectivity index (χ1) is 16.0. The summed E-state index contributed by atoms with van der Waals surface area (Å²) in [4.78, 5) is 29.0. The molecule has 3 aliphatic rings. The Kier molecular flexibility index (Phi) is 7.32. The molecular weight excluding hydrogens is 422 g/mol. The lowest BCUT2D eigenvalue weighted by Crippen LogP contribution is -2.47. The Hall–Kier alpha value is -2.48. The number of rotatable bonds is 7. The van der Waals surface area contributed by atoms with Gasteiger partial charge >= 0.3 is 6.09 Å². The van der Waals surface area contributed by atoms with Crippen molar-refractivity contribution in [3.63, 3.8) is 0 Å². The summed E-state index contributed by atoms with van der Waals surface area (Å²) < 4.78 is 15.9. The van der Waals surface area contributed by atoms with Crippen molar-refractivity contribution in [1.82, 2.24) is 15.1 Å². The lowest BCUT2D eigenvalue weighted by atomic mass is 9.90. The van der Waals surface area contributed by atoms with Crippen molar-refractivity contribution in [2.45, 2.75) is 51.6 Å². The molecule has 1 aromatic rings. The Balaban J connectivity index is 1.22. The Morgan fingerprint density at radius 3 is 2.24 bits per heavy atom. The third kappa shape index (κ3) is 5.54. The molecule has 1 aromatic carbocycles. The Morgan fingerprint density at radius 2 is 1.67 bits per heavy atom. The van der Waals surface area contributed by atoms with Gasteiger partial charge < -0.3 is 24.4 Å². The minimum absolute atomic E-state index is 0.139. The number of carbonyl (C=O) groups excluding carboxylic acids is 2. The minimum atomic E-state index is -0.248. The fourth-order valence-electron chi connectivity index (χ4n) is 5.37. The Labute approximate surface area is 196 Å². The molecule has 8 heteroatoms. The first-order valence-electron chi connectivity index (χ1n) is 12.1. The fourth-order valence-corrected chi connectivity index (χ4v) is 5.37. The number of nitrogens with one attached hydrogen (secondary N) is 1. The van der Waals surface area contributed by atoms with Crippen molar-refractivity contribution in [2.24, 2.45) is 11.3 Å². The van der Waals surface area contributed by atoms with E-state index in [0.717, 1.165) is 63.2 Å². The minimum Gasteiger partial charge on any atom is -0.497 e. The van der Waals surface area contributed by atoms with Crippen LogP contribution >= 0.6 is 0 Å². The van der Waals surface area contributed by atoms with Crippen molar-refractivity contribution >= 4 is 12.0 Å². The second-order valence-corrected chi connectivity index (χ2v) is 9.58. The van der Waals surface area contributed by atoms with Crippen LogP contribution in [-0.2, 0) is 16.1 Å². The van der Waals surface area contributed by atoms with Gasteiger partial charge in [-0.05, 0) is 75.2 Å². The molecule has 2 heterocycles. The third-order valence-electron chi connectivity index (χ3n) is 7.54. The van der Waals surface area contributed by atoms with Gasteiger partial charge in [0.1, 0.15) is 11.5 Å². The highest BCUT2D eigenvalue weighted by Gasteiger charge is 2.58. The zero-order valence-electron chi connectivity index (χ0n) is 20.1. The summed E-state index contributed by atoms with van der Waals surface area (Å²) in [7, 11) is 3.34. The number of carbonyl (C=O) groups is 2. The number of benzene rings is 1. The first-order valence-corrected chi connectivity index (χ1v) is 12.1. The van der Waals surface area contributed by atoms with Crippen LogP contribution in [0.5, 0.6) is 11.5 Å². The molecule has 0 unspecified atom stereocenters. The molecule has 1 spiro atoms. The predicted molar refractivity (Wildman–Crippen MR) is 124 cm³/mol. The van der Waals surface area contributed by atoms with Crippen molar-refractivity contribution in [3.8, 4) is 11.5 Å². The van der Waals surface area contributed by atoms with Crippen LogP contribution in [0, 0.1) is 11.3 Å². The smallest absolute Gasteiger partial charge is 0.409 e. The van der Waals surface area contributed by atoms with Crippen LogP contribution in [0.2, 0.25) is 0 Å². The summed E-state index contributed by atoms with van der Waals surface area (Å²) >= 11 is 0. The van der Waals surface area contributed by atoms with Crippen LogP contribution in [0.15, 0.2) is 18.2 Å². The molecule has 1 N–H and O–H groups in total. The molecule has 0 aromatic heterocycles. The normalized spacial score (nSPS) is 22.6. The molecule has 182 valence electrons. The lowest BCUT2D eigenvalue weighted by Gasteiger charge is -2.34. The van der Waals surface area contributed by atoms with Crippen LogP contribution < -0.4 is 14.8 Å². The number of methoxy groups -OCH3 is 2. The van der Waals surface area contributed by atoms with E-state index in [9.17, 15) is 9.59 Å². The summed E-state index contributed by atoms with van der Waals surface area (Å²) in [5, 5.41) is 3.26. The van der Waals surface area contributed by atoms with Gasteiger partial charge in [0.2, 0.25) is 5.91 Å². The van der Waals surface area contributed by atoms with Crippen molar-refractivity contribution in [3.05, 3.63) is 23.8 Å². The van der Waals surface area contributed by atoms with Gasteiger partial charge in [-0.2, -0.15) is 0 Å². The predicted octanol–water partition coefficient (Wildman–Crippen LogP) is 3.04. The molecule has 3 fully saturated rings. The van der Waals surface area contributed by atoms with E-state index in [1.54, 1.807) is 19.1 Å². The molecule has 8 nitrogen and oxygen atoms in total. The van der Waals surface area contributed by atoms with Crippen LogP contribution in [0.1, 0.15) is 44.6 Å². The largest absolute Gasteiger partial charge is 0.497 e. The molecule has 1 saturated carbocycles. The quantitative estimate of drug-likeness (QED) is 0.675. The molecular formula is C25H37N3O5. The highest BCUT2D eigenvalue weighted by molar-refractivity contribution is 5.83. The van der Waals surface area contributed by atoms with Gasteiger partial charge in [-0.15, -0.1) is 0 Å². The molecule has 2 saturated heterocycles. The average Bonchev–Trinajstić information content (AvgIpc) is 3.54. The summed E-state index contributed by atoms with van der Waals surface area (Å²) in [6, 6.07) is 6.17.